The van der Waals surface area contributed by atoms with Gasteiger partial charge in [0.15, 0.2) is 5.17 Å². The molecule has 3 heteroatoms. The van der Waals surface area contributed by atoms with Crippen LogP contribution < -0.4 is 5.32 Å². The number of amidine groups is 1. The first kappa shape index (κ1) is 7.47. The van der Waals surface area contributed by atoms with Gasteiger partial charge in [-0.1, -0.05) is 18.7 Å². The second-order valence-electron chi connectivity index (χ2n) is 3.76. The number of rotatable bonds is 1. The van der Waals surface area contributed by atoms with Crippen LogP contribution in [0.25, 0.3) is 0 Å². The summed E-state index contributed by atoms with van der Waals surface area (Å²) in [5.41, 5.74) is 0.399. The molecule has 1 aliphatic heterocycles. The van der Waals surface area contributed by atoms with Crippen LogP contribution in [0.1, 0.15) is 26.7 Å². The predicted molar refractivity (Wildman–Crippen MR) is 50.1 cm³/mol. The average Bonchev–Trinajstić information content (AvgIpc) is 2.49. The van der Waals surface area contributed by atoms with Crippen LogP contribution in [0, 0.1) is 0 Å². The van der Waals surface area contributed by atoms with Gasteiger partial charge in [0.05, 0.1) is 6.54 Å². The van der Waals surface area contributed by atoms with E-state index in [-0.39, 0.29) is 0 Å². The van der Waals surface area contributed by atoms with Crippen LogP contribution in [-0.2, 0) is 0 Å². The molecule has 0 radical (unpaired) electrons. The lowest BCUT2D eigenvalue weighted by Crippen LogP contribution is -2.31. The van der Waals surface area contributed by atoms with Gasteiger partial charge < -0.3 is 5.32 Å². The van der Waals surface area contributed by atoms with Crippen LogP contribution in [-0.4, -0.2) is 22.5 Å². The summed E-state index contributed by atoms with van der Waals surface area (Å²) in [6, 6.07) is 0. The molecule has 1 fully saturated rings. The minimum absolute atomic E-state index is 0.399. The molecule has 2 rings (SSSR count). The molecule has 0 aromatic heterocycles. The number of hydrogen-bond donors (Lipinski definition) is 1. The molecule has 62 valence electrons. The van der Waals surface area contributed by atoms with E-state index in [0.717, 1.165) is 11.7 Å². The van der Waals surface area contributed by atoms with Gasteiger partial charge in [-0.2, -0.15) is 0 Å². The summed E-state index contributed by atoms with van der Waals surface area (Å²) < 4.78 is 0. The van der Waals surface area contributed by atoms with Crippen LogP contribution in [0.4, 0.5) is 0 Å². The first-order chi connectivity index (χ1) is 5.18. The molecule has 2 aliphatic rings. The van der Waals surface area contributed by atoms with E-state index in [2.05, 4.69) is 24.2 Å². The topological polar surface area (TPSA) is 24.4 Å². The van der Waals surface area contributed by atoms with Crippen LogP contribution in [0.3, 0.4) is 0 Å². The summed E-state index contributed by atoms with van der Waals surface area (Å²) in [5, 5.41) is 5.32. The normalized spacial score (nSPS) is 33.3. The summed E-state index contributed by atoms with van der Waals surface area (Å²) in [5.74, 6) is 0. The van der Waals surface area contributed by atoms with E-state index < -0.39 is 0 Å². The molecule has 1 atom stereocenters. The Kier molecular flexibility index (Phi) is 1.63. The van der Waals surface area contributed by atoms with Gasteiger partial charge in [-0.3, -0.25) is 4.99 Å². The van der Waals surface area contributed by atoms with Gasteiger partial charge >= 0.3 is 0 Å². The van der Waals surface area contributed by atoms with Crippen molar-refractivity contribution in [2.24, 2.45) is 4.99 Å². The van der Waals surface area contributed by atoms with E-state index in [1.807, 2.05) is 11.8 Å². The standard InChI is InChI=1S/C8H14N2S/c1-6-5-9-7(11-6)10-8(2)3-4-8/h6H,3-5H2,1-2H3,(H,9,10). The Balaban J connectivity index is 1.87. The third-order valence-corrected chi connectivity index (χ3v) is 3.22. The summed E-state index contributed by atoms with van der Waals surface area (Å²) in [7, 11) is 0. The third kappa shape index (κ3) is 1.70. The first-order valence-corrected chi connectivity index (χ1v) is 5.05. The summed E-state index contributed by atoms with van der Waals surface area (Å²) in [6.45, 7) is 5.47. The third-order valence-electron chi connectivity index (χ3n) is 2.21. The van der Waals surface area contributed by atoms with Gasteiger partial charge in [-0.15, -0.1) is 0 Å². The van der Waals surface area contributed by atoms with Crippen molar-refractivity contribution in [1.82, 2.24) is 5.32 Å². The molecular weight excluding hydrogens is 156 g/mol. The fourth-order valence-electron chi connectivity index (χ4n) is 1.12. The van der Waals surface area contributed by atoms with E-state index >= 15 is 0 Å². The number of thioether (sulfide) groups is 1. The van der Waals surface area contributed by atoms with Crippen molar-refractivity contribution in [3.63, 3.8) is 0 Å². The molecule has 2 nitrogen and oxygen atoms in total. The van der Waals surface area contributed by atoms with Crippen molar-refractivity contribution in [3.05, 3.63) is 0 Å². The lowest BCUT2D eigenvalue weighted by Gasteiger charge is -2.11. The van der Waals surface area contributed by atoms with E-state index in [0.29, 0.717) is 10.8 Å². The number of nitrogens with zero attached hydrogens (tertiary/aromatic N) is 1. The number of aliphatic imine (C=N–C) groups is 1. The maximum absolute atomic E-state index is 4.41. The molecule has 0 amide bonds. The molecular formula is C8H14N2S. The van der Waals surface area contributed by atoms with Crippen molar-refractivity contribution in [2.75, 3.05) is 6.54 Å². The number of hydrogen-bond acceptors (Lipinski definition) is 3. The second-order valence-corrected chi connectivity index (χ2v) is 5.19. The molecule has 0 aromatic rings. The molecule has 1 N–H and O–H groups in total. The van der Waals surface area contributed by atoms with Crippen LogP contribution in [0.15, 0.2) is 4.99 Å². The van der Waals surface area contributed by atoms with Crippen molar-refractivity contribution in [1.29, 1.82) is 0 Å². The minimum atomic E-state index is 0.399. The molecule has 1 unspecified atom stereocenters. The van der Waals surface area contributed by atoms with Gasteiger partial charge in [0.25, 0.3) is 0 Å². The van der Waals surface area contributed by atoms with Crippen LogP contribution >= 0.6 is 11.8 Å². The van der Waals surface area contributed by atoms with E-state index in [9.17, 15) is 0 Å². The van der Waals surface area contributed by atoms with Gasteiger partial charge in [0.1, 0.15) is 0 Å². The highest BCUT2D eigenvalue weighted by molar-refractivity contribution is 8.14. The van der Waals surface area contributed by atoms with Gasteiger partial charge in [-0.25, -0.2) is 0 Å². The Bertz CT molecular complexity index is 196. The fourth-order valence-corrected chi connectivity index (χ4v) is 2.10. The lowest BCUT2D eigenvalue weighted by atomic mass is 10.3. The number of nitrogens with one attached hydrogen (secondary N) is 1. The molecule has 1 aliphatic carbocycles. The van der Waals surface area contributed by atoms with Gasteiger partial charge in [-0.05, 0) is 19.8 Å². The first-order valence-electron chi connectivity index (χ1n) is 4.17. The Hall–Kier alpha value is -0.180. The average molecular weight is 170 g/mol. The van der Waals surface area contributed by atoms with Crippen LogP contribution in [0.5, 0.6) is 0 Å². The minimum Gasteiger partial charge on any atom is -0.360 e. The zero-order valence-electron chi connectivity index (χ0n) is 7.05. The fraction of sp³-hybridized carbons (Fsp3) is 0.875. The second kappa shape index (κ2) is 2.41. The Morgan fingerprint density at radius 1 is 1.64 bits per heavy atom. The molecule has 0 aromatic carbocycles. The van der Waals surface area contributed by atoms with E-state index in [1.54, 1.807) is 0 Å². The van der Waals surface area contributed by atoms with Crippen molar-refractivity contribution < 1.29 is 0 Å². The quantitative estimate of drug-likeness (QED) is 0.646. The maximum atomic E-state index is 4.41. The molecule has 1 heterocycles. The molecule has 0 bridgehead atoms. The maximum Gasteiger partial charge on any atom is 0.157 e. The van der Waals surface area contributed by atoms with E-state index in [4.69, 9.17) is 0 Å². The molecule has 0 spiro atoms. The summed E-state index contributed by atoms with van der Waals surface area (Å²) >= 11 is 1.87. The highest BCUT2D eigenvalue weighted by Crippen LogP contribution is 2.36. The van der Waals surface area contributed by atoms with Crippen LogP contribution in [0.2, 0.25) is 0 Å². The van der Waals surface area contributed by atoms with Crippen molar-refractivity contribution in [2.45, 2.75) is 37.5 Å². The largest absolute Gasteiger partial charge is 0.360 e. The summed E-state index contributed by atoms with van der Waals surface area (Å²) in [6.07, 6.45) is 2.61. The highest BCUT2D eigenvalue weighted by atomic mass is 32.2. The highest BCUT2D eigenvalue weighted by Gasteiger charge is 2.38. The van der Waals surface area contributed by atoms with E-state index in [1.165, 1.54) is 12.8 Å². The van der Waals surface area contributed by atoms with Gasteiger partial charge in [0, 0.05) is 10.8 Å². The Morgan fingerprint density at radius 2 is 2.36 bits per heavy atom. The lowest BCUT2D eigenvalue weighted by molar-refractivity contribution is 0.672. The monoisotopic (exact) mass is 170 g/mol. The molecule has 0 saturated heterocycles. The molecule has 1 saturated carbocycles. The summed E-state index contributed by atoms with van der Waals surface area (Å²) in [4.78, 5) is 4.41. The predicted octanol–water partition coefficient (Wildman–Crippen LogP) is 1.62. The zero-order valence-corrected chi connectivity index (χ0v) is 7.87. The van der Waals surface area contributed by atoms with Crippen molar-refractivity contribution in [3.8, 4) is 0 Å². The SMILES string of the molecule is CC1CN=C(NC2(C)CC2)S1. The smallest absolute Gasteiger partial charge is 0.157 e. The van der Waals surface area contributed by atoms with Crippen molar-refractivity contribution >= 4 is 16.9 Å². The zero-order chi connectivity index (χ0) is 7.90. The molecule has 11 heavy (non-hydrogen) atoms. The van der Waals surface area contributed by atoms with Gasteiger partial charge in [0.2, 0.25) is 0 Å². The Morgan fingerprint density at radius 3 is 2.82 bits per heavy atom. The Labute approximate surface area is 71.9 Å².